The standard InChI is InChI=1S/C32H30O4/c1-3-29(33)35-31(25-17-9-5-10-18-25,26-19-11-6-12-20-26)32(36-30(34)4-2,27-21-13-7-14-22-27)28-23-15-8-16-24-28/h5-24H,3-4H2,1-2H3. The zero-order valence-electron chi connectivity index (χ0n) is 20.6. The van der Waals surface area contributed by atoms with Gasteiger partial charge in [-0.15, -0.1) is 0 Å². The van der Waals surface area contributed by atoms with Crippen LogP contribution in [-0.2, 0) is 30.3 Å². The van der Waals surface area contributed by atoms with Gasteiger partial charge in [0.05, 0.1) is 0 Å². The lowest BCUT2D eigenvalue weighted by molar-refractivity contribution is -0.201. The van der Waals surface area contributed by atoms with Crippen LogP contribution in [0.2, 0.25) is 0 Å². The third kappa shape index (κ3) is 4.42. The SMILES string of the molecule is CCC(=O)OC(c1ccccc1)(c1ccccc1)C(OC(=O)CC)(c1ccccc1)c1ccccc1. The van der Waals surface area contributed by atoms with Gasteiger partial charge in [0.2, 0.25) is 11.2 Å². The van der Waals surface area contributed by atoms with Crippen molar-refractivity contribution in [2.45, 2.75) is 37.9 Å². The average Bonchev–Trinajstić information content (AvgIpc) is 2.96. The van der Waals surface area contributed by atoms with E-state index in [1.54, 1.807) is 13.8 Å². The third-order valence-corrected chi connectivity index (χ3v) is 6.33. The minimum Gasteiger partial charge on any atom is -0.444 e. The third-order valence-electron chi connectivity index (χ3n) is 6.33. The van der Waals surface area contributed by atoms with Crippen molar-refractivity contribution in [1.29, 1.82) is 0 Å². The maximum atomic E-state index is 13.3. The molecule has 36 heavy (non-hydrogen) atoms. The summed E-state index contributed by atoms with van der Waals surface area (Å²) in [4.78, 5) is 26.6. The molecule has 0 fully saturated rings. The van der Waals surface area contributed by atoms with E-state index in [0.29, 0.717) is 22.3 Å². The van der Waals surface area contributed by atoms with E-state index in [4.69, 9.17) is 9.47 Å². The minimum atomic E-state index is -1.53. The van der Waals surface area contributed by atoms with Crippen molar-refractivity contribution < 1.29 is 19.1 Å². The molecule has 0 spiro atoms. The van der Waals surface area contributed by atoms with E-state index >= 15 is 0 Å². The van der Waals surface area contributed by atoms with Gasteiger partial charge >= 0.3 is 11.9 Å². The molecular weight excluding hydrogens is 448 g/mol. The highest BCUT2D eigenvalue weighted by molar-refractivity contribution is 5.74. The number of hydrogen-bond donors (Lipinski definition) is 0. The predicted octanol–water partition coefficient (Wildman–Crippen LogP) is 6.78. The molecule has 0 saturated heterocycles. The molecule has 182 valence electrons. The summed E-state index contributed by atoms with van der Waals surface area (Å²) in [6, 6.07) is 38.1. The first kappa shape index (κ1) is 24.9. The van der Waals surface area contributed by atoms with E-state index in [-0.39, 0.29) is 12.8 Å². The lowest BCUT2D eigenvalue weighted by Crippen LogP contribution is -2.56. The monoisotopic (exact) mass is 478 g/mol. The molecule has 0 heterocycles. The van der Waals surface area contributed by atoms with Crippen LogP contribution < -0.4 is 0 Å². The molecule has 0 aliphatic carbocycles. The number of ether oxygens (including phenoxy) is 2. The molecule has 0 saturated carbocycles. The van der Waals surface area contributed by atoms with Crippen LogP contribution in [0.1, 0.15) is 48.9 Å². The van der Waals surface area contributed by atoms with Crippen LogP contribution >= 0.6 is 0 Å². The Morgan fingerprint density at radius 1 is 0.472 bits per heavy atom. The van der Waals surface area contributed by atoms with Crippen molar-refractivity contribution in [1.82, 2.24) is 0 Å². The Hall–Kier alpha value is -4.18. The first-order chi connectivity index (χ1) is 17.6. The molecule has 4 rings (SSSR count). The number of rotatable bonds is 9. The van der Waals surface area contributed by atoms with Gasteiger partial charge in [0.1, 0.15) is 0 Å². The summed E-state index contributed by atoms with van der Waals surface area (Å²) in [5, 5.41) is 0. The van der Waals surface area contributed by atoms with Gasteiger partial charge in [-0.25, -0.2) is 0 Å². The van der Waals surface area contributed by atoms with Gasteiger partial charge in [-0.2, -0.15) is 0 Å². The first-order valence-electron chi connectivity index (χ1n) is 12.2. The van der Waals surface area contributed by atoms with Crippen molar-refractivity contribution in [3.8, 4) is 0 Å². The Morgan fingerprint density at radius 3 is 0.889 bits per heavy atom. The van der Waals surface area contributed by atoms with Crippen LogP contribution in [-0.4, -0.2) is 11.9 Å². The van der Waals surface area contributed by atoms with E-state index in [9.17, 15) is 9.59 Å². The van der Waals surface area contributed by atoms with Crippen molar-refractivity contribution in [2.24, 2.45) is 0 Å². The van der Waals surface area contributed by atoms with Crippen LogP contribution in [0.3, 0.4) is 0 Å². The summed E-state index contributed by atoms with van der Waals surface area (Å²) in [7, 11) is 0. The highest BCUT2D eigenvalue weighted by Crippen LogP contribution is 2.55. The van der Waals surface area contributed by atoms with Gasteiger partial charge < -0.3 is 9.47 Å². The fraction of sp³-hybridized carbons (Fsp3) is 0.188. The normalized spacial score (nSPS) is 11.5. The summed E-state index contributed by atoms with van der Waals surface area (Å²) in [6.45, 7) is 3.52. The van der Waals surface area contributed by atoms with E-state index in [0.717, 1.165) is 0 Å². The molecule has 0 unspecified atom stereocenters. The molecule has 0 atom stereocenters. The van der Waals surface area contributed by atoms with Crippen LogP contribution in [0.25, 0.3) is 0 Å². The van der Waals surface area contributed by atoms with Crippen molar-refractivity contribution >= 4 is 11.9 Å². The highest BCUT2D eigenvalue weighted by Gasteiger charge is 2.62. The summed E-state index contributed by atoms with van der Waals surface area (Å²) >= 11 is 0. The number of hydrogen-bond acceptors (Lipinski definition) is 4. The number of carbonyl (C=O) groups is 2. The van der Waals surface area contributed by atoms with Crippen molar-refractivity contribution in [3.63, 3.8) is 0 Å². The smallest absolute Gasteiger partial charge is 0.306 e. The average molecular weight is 479 g/mol. The molecule has 4 aromatic carbocycles. The van der Waals surface area contributed by atoms with Gasteiger partial charge in [-0.3, -0.25) is 9.59 Å². The molecule has 0 amide bonds. The van der Waals surface area contributed by atoms with E-state index in [1.165, 1.54) is 0 Å². The lowest BCUT2D eigenvalue weighted by atomic mass is 9.65. The minimum absolute atomic E-state index is 0.156. The van der Waals surface area contributed by atoms with Gasteiger partial charge in [0.25, 0.3) is 0 Å². The Balaban J connectivity index is 2.25. The zero-order chi connectivity index (χ0) is 25.4. The largest absolute Gasteiger partial charge is 0.444 e. The van der Waals surface area contributed by atoms with Gasteiger partial charge in [-0.05, 0) is 0 Å². The molecular formula is C32H30O4. The highest BCUT2D eigenvalue weighted by atomic mass is 16.6. The van der Waals surface area contributed by atoms with Crippen LogP contribution in [0.15, 0.2) is 121 Å². The zero-order valence-corrected chi connectivity index (χ0v) is 20.6. The summed E-state index contributed by atoms with van der Waals surface area (Å²) in [5.74, 6) is -0.821. The number of esters is 2. The summed E-state index contributed by atoms with van der Waals surface area (Å²) < 4.78 is 13.1. The maximum Gasteiger partial charge on any atom is 0.306 e. The van der Waals surface area contributed by atoms with Crippen LogP contribution in [0, 0.1) is 0 Å². The van der Waals surface area contributed by atoms with Crippen molar-refractivity contribution in [3.05, 3.63) is 144 Å². The fourth-order valence-electron chi connectivity index (χ4n) is 4.70. The topological polar surface area (TPSA) is 52.6 Å². The lowest BCUT2D eigenvalue weighted by Gasteiger charge is -2.50. The Kier molecular flexibility index (Phi) is 7.65. The molecule has 4 aromatic rings. The van der Waals surface area contributed by atoms with Gasteiger partial charge in [0.15, 0.2) is 0 Å². The number of benzene rings is 4. The molecule has 0 bridgehead atoms. The fourth-order valence-corrected chi connectivity index (χ4v) is 4.70. The molecule has 0 aliphatic rings. The van der Waals surface area contributed by atoms with Crippen molar-refractivity contribution in [2.75, 3.05) is 0 Å². The molecule has 4 nitrogen and oxygen atoms in total. The molecule has 0 aromatic heterocycles. The second kappa shape index (κ2) is 11.0. The Morgan fingerprint density at radius 2 is 0.694 bits per heavy atom. The van der Waals surface area contributed by atoms with Gasteiger partial charge in [-0.1, -0.05) is 135 Å². The van der Waals surface area contributed by atoms with Gasteiger partial charge in [0, 0.05) is 35.1 Å². The second-order valence-corrected chi connectivity index (χ2v) is 8.48. The number of carbonyl (C=O) groups excluding carboxylic acids is 2. The molecule has 0 N–H and O–H groups in total. The first-order valence-corrected chi connectivity index (χ1v) is 12.2. The Labute approximate surface area is 212 Å². The van der Waals surface area contributed by atoms with E-state index in [1.807, 2.05) is 121 Å². The van der Waals surface area contributed by atoms with E-state index in [2.05, 4.69) is 0 Å². The van der Waals surface area contributed by atoms with Crippen LogP contribution in [0.5, 0.6) is 0 Å². The second-order valence-electron chi connectivity index (χ2n) is 8.48. The molecule has 0 aliphatic heterocycles. The molecule has 0 radical (unpaired) electrons. The quantitative estimate of drug-likeness (QED) is 0.249. The maximum absolute atomic E-state index is 13.3. The predicted molar refractivity (Wildman–Crippen MR) is 140 cm³/mol. The molecule has 4 heteroatoms. The summed E-state index contributed by atoms with van der Waals surface area (Å²) in [6.07, 6.45) is 0.311. The Bertz CT molecular complexity index is 1090. The van der Waals surface area contributed by atoms with E-state index < -0.39 is 23.1 Å². The summed E-state index contributed by atoms with van der Waals surface area (Å²) in [5.41, 5.74) is -0.305. The van der Waals surface area contributed by atoms with Crippen LogP contribution in [0.4, 0.5) is 0 Å².